The minimum atomic E-state index is -3.55. The molecule has 0 radical (unpaired) electrons. The zero-order valence-corrected chi connectivity index (χ0v) is 15.7. The molecule has 2 aromatic carbocycles. The van der Waals surface area contributed by atoms with Crippen molar-refractivity contribution in [1.82, 2.24) is 4.31 Å². The number of rotatable bonds is 7. The molecular formula is C18H25ClN2O2S. The topological polar surface area (TPSA) is 63.4 Å². The van der Waals surface area contributed by atoms with Gasteiger partial charge in [0.25, 0.3) is 0 Å². The Morgan fingerprint density at radius 2 is 1.71 bits per heavy atom. The molecular weight excluding hydrogens is 344 g/mol. The summed E-state index contributed by atoms with van der Waals surface area (Å²) in [6.45, 7) is 4.97. The van der Waals surface area contributed by atoms with E-state index in [1.54, 1.807) is 6.07 Å². The highest BCUT2D eigenvalue weighted by atomic mass is 35.5. The minimum Gasteiger partial charge on any atom is -0.330 e. The summed E-state index contributed by atoms with van der Waals surface area (Å²) < 4.78 is 27.7. The maximum Gasteiger partial charge on any atom is 0.243 e. The highest BCUT2D eigenvalue weighted by molar-refractivity contribution is 7.89. The Labute approximate surface area is 151 Å². The summed E-state index contributed by atoms with van der Waals surface area (Å²) in [7, 11) is -3.55. The van der Waals surface area contributed by atoms with Gasteiger partial charge in [0, 0.05) is 13.1 Å². The van der Waals surface area contributed by atoms with E-state index in [0.29, 0.717) is 31.0 Å². The van der Waals surface area contributed by atoms with Crippen molar-refractivity contribution in [2.75, 3.05) is 13.1 Å². The summed E-state index contributed by atoms with van der Waals surface area (Å²) in [6, 6.07) is 15.2. The second-order valence-electron chi connectivity index (χ2n) is 5.74. The molecule has 24 heavy (non-hydrogen) atoms. The fraction of sp³-hybridized carbons (Fsp3) is 0.333. The number of sulfonamides is 1. The lowest BCUT2D eigenvalue weighted by Gasteiger charge is -2.23. The predicted octanol–water partition coefficient (Wildman–Crippen LogP) is 3.26. The normalized spacial score (nSPS) is 11.3. The van der Waals surface area contributed by atoms with Gasteiger partial charge < -0.3 is 5.73 Å². The van der Waals surface area contributed by atoms with Crippen molar-refractivity contribution in [2.24, 2.45) is 5.73 Å². The van der Waals surface area contributed by atoms with Crippen LogP contribution < -0.4 is 5.73 Å². The Hall–Kier alpha value is -1.40. The highest BCUT2D eigenvalue weighted by Gasteiger charge is 2.25. The summed E-state index contributed by atoms with van der Waals surface area (Å²) in [5.74, 6) is 0. The first-order valence-electron chi connectivity index (χ1n) is 7.76. The zero-order valence-electron chi connectivity index (χ0n) is 14.1. The Morgan fingerprint density at radius 1 is 1.04 bits per heavy atom. The monoisotopic (exact) mass is 368 g/mol. The van der Waals surface area contributed by atoms with E-state index in [1.807, 2.05) is 56.3 Å². The summed E-state index contributed by atoms with van der Waals surface area (Å²) in [6.07, 6.45) is 0.636. The fourth-order valence-electron chi connectivity index (χ4n) is 2.46. The van der Waals surface area contributed by atoms with Gasteiger partial charge in [-0.15, -0.1) is 12.4 Å². The molecule has 0 atom stereocenters. The van der Waals surface area contributed by atoms with Crippen LogP contribution in [-0.4, -0.2) is 25.8 Å². The molecule has 0 aromatic heterocycles. The molecule has 0 aliphatic rings. The van der Waals surface area contributed by atoms with Crippen LogP contribution in [0.3, 0.4) is 0 Å². The third-order valence-electron chi connectivity index (χ3n) is 3.77. The number of nitrogens with two attached hydrogens (primary N) is 1. The average molecular weight is 369 g/mol. The van der Waals surface area contributed by atoms with Gasteiger partial charge >= 0.3 is 0 Å². The van der Waals surface area contributed by atoms with Crippen molar-refractivity contribution in [1.29, 1.82) is 0 Å². The number of benzene rings is 2. The van der Waals surface area contributed by atoms with Crippen LogP contribution in [-0.2, 0) is 16.6 Å². The molecule has 0 aliphatic carbocycles. The molecule has 2 aromatic rings. The van der Waals surface area contributed by atoms with E-state index >= 15 is 0 Å². The van der Waals surface area contributed by atoms with Crippen molar-refractivity contribution in [3.63, 3.8) is 0 Å². The predicted molar refractivity (Wildman–Crippen MR) is 101 cm³/mol. The molecule has 0 aliphatic heterocycles. The molecule has 0 saturated heterocycles. The van der Waals surface area contributed by atoms with Gasteiger partial charge in [0.2, 0.25) is 10.0 Å². The van der Waals surface area contributed by atoms with E-state index in [2.05, 4.69) is 0 Å². The molecule has 0 amide bonds. The first-order chi connectivity index (χ1) is 10.9. The molecule has 132 valence electrons. The molecule has 2 N–H and O–H groups in total. The number of hydrogen-bond acceptors (Lipinski definition) is 3. The first kappa shape index (κ1) is 20.6. The summed E-state index contributed by atoms with van der Waals surface area (Å²) in [5, 5.41) is 0. The van der Waals surface area contributed by atoms with Gasteiger partial charge in [0.15, 0.2) is 0 Å². The maximum absolute atomic E-state index is 13.1. The lowest BCUT2D eigenvalue weighted by Crippen LogP contribution is -2.33. The molecule has 2 rings (SSSR count). The van der Waals surface area contributed by atoms with Gasteiger partial charge in [0.1, 0.15) is 0 Å². The average Bonchev–Trinajstić information content (AvgIpc) is 2.54. The van der Waals surface area contributed by atoms with Crippen LogP contribution in [0.2, 0.25) is 0 Å². The number of aryl methyl sites for hydroxylation is 2. The Bertz CT molecular complexity index is 749. The molecule has 0 spiro atoms. The van der Waals surface area contributed by atoms with Crippen LogP contribution >= 0.6 is 12.4 Å². The highest BCUT2D eigenvalue weighted by Crippen LogP contribution is 2.23. The second-order valence-corrected chi connectivity index (χ2v) is 7.64. The molecule has 0 bridgehead atoms. The van der Waals surface area contributed by atoms with E-state index in [4.69, 9.17) is 5.73 Å². The van der Waals surface area contributed by atoms with Crippen molar-refractivity contribution in [2.45, 2.75) is 31.7 Å². The fourth-order valence-corrected chi connectivity index (χ4v) is 4.24. The van der Waals surface area contributed by atoms with Crippen LogP contribution in [0, 0.1) is 13.8 Å². The molecule has 0 heterocycles. The minimum absolute atomic E-state index is 0. The van der Waals surface area contributed by atoms with Crippen LogP contribution in [0.25, 0.3) is 0 Å². The Kier molecular flexibility index (Phi) is 7.90. The van der Waals surface area contributed by atoms with Crippen LogP contribution in [0.5, 0.6) is 0 Å². The molecule has 0 unspecified atom stereocenters. The summed E-state index contributed by atoms with van der Waals surface area (Å²) >= 11 is 0. The smallest absolute Gasteiger partial charge is 0.243 e. The standard InChI is InChI=1S/C18H24N2O2S.ClH/c1-15-9-10-16(2)18(13-15)23(21,22)20(12-6-11-19)14-17-7-4-3-5-8-17;/h3-5,7-10,13H,6,11-12,14,19H2,1-2H3;1H. The molecule has 0 saturated carbocycles. The third kappa shape index (κ3) is 5.05. The van der Waals surface area contributed by atoms with Crippen LogP contribution in [0.15, 0.2) is 53.4 Å². The van der Waals surface area contributed by atoms with Gasteiger partial charge in [-0.05, 0) is 49.6 Å². The Balaban J connectivity index is 0.00000288. The van der Waals surface area contributed by atoms with E-state index in [1.165, 1.54) is 4.31 Å². The van der Waals surface area contributed by atoms with Crippen molar-refractivity contribution in [3.05, 3.63) is 65.2 Å². The summed E-state index contributed by atoms with van der Waals surface area (Å²) in [4.78, 5) is 0.380. The summed E-state index contributed by atoms with van der Waals surface area (Å²) in [5.41, 5.74) is 8.26. The second kappa shape index (κ2) is 9.18. The quantitative estimate of drug-likeness (QED) is 0.815. The SMILES string of the molecule is Cc1ccc(C)c(S(=O)(=O)N(CCCN)Cc2ccccc2)c1.Cl. The number of nitrogens with zero attached hydrogens (tertiary/aromatic N) is 1. The first-order valence-corrected chi connectivity index (χ1v) is 9.20. The molecule has 6 heteroatoms. The number of hydrogen-bond donors (Lipinski definition) is 1. The lowest BCUT2D eigenvalue weighted by molar-refractivity contribution is 0.401. The van der Waals surface area contributed by atoms with Gasteiger partial charge in [-0.2, -0.15) is 4.31 Å². The van der Waals surface area contributed by atoms with Crippen molar-refractivity contribution >= 4 is 22.4 Å². The number of halogens is 1. The molecule has 0 fully saturated rings. The van der Waals surface area contributed by atoms with Gasteiger partial charge in [0.05, 0.1) is 4.90 Å². The van der Waals surface area contributed by atoms with Gasteiger partial charge in [-0.25, -0.2) is 8.42 Å². The Morgan fingerprint density at radius 3 is 2.33 bits per heavy atom. The van der Waals surface area contributed by atoms with Gasteiger partial charge in [-0.3, -0.25) is 0 Å². The van der Waals surface area contributed by atoms with E-state index in [9.17, 15) is 8.42 Å². The zero-order chi connectivity index (χ0) is 16.9. The van der Waals surface area contributed by atoms with Crippen LogP contribution in [0.4, 0.5) is 0 Å². The van der Waals surface area contributed by atoms with Crippen LogP contribution in [0.1, 0.15) is 23.1 Å². The van der Waals surface area contributed by atoms with E-state index in [0.717, 1.165) is 16.7 Å². The lowest BCUT2D eigenvalue weighted by atomic mass is 10.2. The van der Waals surface area contributed by atoms with Gasteiger partial charge in [-0.1, -0.05) is 42.5 Å². The maximum atomic E-state index is 13.1. The van der Waals surface area contributed by atoms with E-state index < -0.39 is 10.0 Å². The van der Waals surface area contributed by atoms with E-state index in [-0.39, 0.29) is 12.4 Å². The largest absolute Gasteiger partial charge is 0.330 e. The molecule has 4 nitrogen and oxygen atoms in total. The van der Waals surface area contributed by atoms with Crippen molar-refractivity contribution in [3.8, 4) is 0 Å². The van der Waals surface area contributed by atoms with Crippen molar-refractivity contribution < 1.29 is 8.42 Å². The third-order valence-corrected chi connectivity index (χ3v) is 5.76.